The molecule has 0 spiro atoms. The monoisotopic (exact) mass is 391 g/mol. The van der Waals surface area contributed by atoms with Crippen LogP contribution in [0.1, 0.15) is 24.2 Å². The number of aryl methyl sites for hydroxylation is 1. The number of carbonyl (C=O) groups is 1. The van der Waals surface area contributed by atoms with Gasteiger partial charge in [0, 0.05) is 7.05 Å². The summed E-state index contributed by atoms with van der Waals surface area (Å²) >= 11 is 3.43. The second kappa shape index (κ2) is 8.31. The summed E-state index contributed by atoms with van der Waals surface area (Å²) in [7, 11) is 1.67. The summed E-state index contributed by atoms with van der Waals surface area (Å²) in [5, 5.41) is 10.4. The van der Waals surface area contributed by atoms with Crippen molar-refractivity contribution in [2.75, 3.05) is 13.7 Å². The average molecular weight is 392 g/mol. The van der Waals surface area contributed by atoms with E-state index in [0.717, 1.165) is 15.6 Å². The molecule has 5 heteroatoms. The Morgan fingerprint density at radius 3 is 2.54 bits per heavy atom. The Labute approximate surface area is 151 Å². The quantitative estimate of drug-likeness (QED) is 0.816. The van der Waals surface area contributed by atoms with Crippen molar-refractivity contribution in [2.24, 2.45) is 0 Å². The average Bonchev–Trinajstić information content (AvgIpc) is 2.59. The van der Waals surface area contributed by atoms with Crippen LogP contribution in [0, 0.1) is 6.92 Å². The van der Waals surface area contributed by atoms with Crippen LogP contribution in [0.25, 0.3) is 0 Å². The maximum absolute atomic E-state index is 12.3. The lowest BCUT2D eigenvalue weighted by Crippen LogP contribution is -2.41. The zero-order chi connectivity index (χ0) is 17.7. The van der Waals surface area contributed by atoms with Gasteiger partial charge >= 0.3 is 0 Å². The van der Waals surface area contributed by atoms with Gasteiger partial charge in [-0.05, 0) is 53.0 Å². The molecule has 0 radical (unpaired) electrons. The van der Waals surface area contributed by atoms with E-state index in [4.69, 9.17) is 4.74 Å². The van der Waals surface area contributed by atoms with Crippen LogP contribution in [0.15, 0.2) is 53.0 Å². The van der Waals surface area contributed by atoms with Crippen molar-refractivity contribution in [3.63, 3.8) is 0 Å². The second-order valence-corrected chi connectivity index (χ2v) is 6.68. The summed E-state index contributed by atoms with van der Waals surface area (Å²) in [6.45, 7) is 3.72. The van der Waals surface area contributed by atoms with Crippen molar-refractivity contribution in [3.8, 4) is 5.75 Å². The standard InChI is InChI=1S/C19H22BrNO3/c1-13-9-10-17(16(20)11-13)24-12-18(22)21(3)14(2)19(23)15-7-5-4-6-8-15/h4-11,14,19,23H,12H2,1-3H3. The van der Waals surface area contributed by atoms with E-state index in [1.807, 2.05) is 62.4 Å². The summed E-state index contributed by atoms with van der Waals surface area (Å²) in [5.74, 6) is 0.434. The number of benzene rings is 2. The number of aliphatic hydroxyl groups is 1. The number of amides is 1. The minimum absolute atomic E-state index is 0.0794. The number of ether oxygens (including phenoxy) is 1. The molecule has 0 saturated heterocycles. The Hall–Kier alpha value is -1.85. The molecule has 2 rings (SSSR count). The molecule has 24 heavy (non-hydrogen) atoms. The fourth-order valence-corrected chi connectivity index (χ4v) is 2.94. The molecular weight excluding hydrogens is 370 g/mol. The summed E-state index contributed by atoms with van der Waals surface area (Å²) in [5.41, 5.74) is 1.89. The molecule has 2 unspecified atom stereocenters. The molecule has 2 aromatic carbocycles. The predicted molar refractivity (Wildman–Crippen MR) is 98.0 cm³/mol. The highest BCUT2D eigenvalue weighted by atomic mass is 79.9. The minimum Gasteiger partial charge on any atom is -0.483 e. The lowest BCUT2D eigenvalue weighted by Gasteiger charge is -2.29. The van der Waals surface area contributed by atoms with Crippen molar-refractivity contribution in [2.45, 2.75) is 26.0 Å². The molecule has 4 nitrogen and oxygen atoms in total. The Bertz CT molecular complexity index is 690. The topological polar surface area (TPSA) is 49.8 Å². The van der Waals surface area contributed by atoms with Gasteiger partial charge < -0.3 is 14.7 Å². The van der Waals surface area contributed by atoms with E-state index in [0.29, 0.717) is 5.75 Å². The third kappa shape index (κ3) is 4.58. The van der Waals surface area contributed by atoms with Crippen LogP contribution in [0.2, 0.25) is 0 Å². The van der Waals surface area contributed by atoms with Gasteiger partial charge in [-0.3, -0.25) is 4.79 Å². The third-order valence-electron chi connectivity index (χ3n) is 4.04. The van der Waals surface area contributed by atoms with Gasteiger partial charge in [0.2, 0.25) is 0 Å². The van der Waals surface area contributed by atoms with Crippen molar-refractivity contribution in [1.29, 1.82) is 0 Å². The number of hydrogen-bond acceptors (Lipinski definition) is 3. The molecule has 128 valence electrons. The number of carbonyl (C=O) groups excluding carboxylic acids is 1. The number of likely N-dealkylation sites (N-methyl/N-ethyl adjacent to an activating group) is 1. The minimum atomic E-state index is -0.744. The maximum Gasteiger partial charge on any atom is 0.260 e. The highest BCUT2D eigenvalue weighted by Crippen LogP contribution is 2.26. The summed E-state index contributed by atoms with van der Waals surface area (Å²) in [4.78, 5) is 13.9. The van der Waals surface area contributed by atoms with E-state index in [9.17, 15) is 9.90 Å². The number of aliphatic hydroxyl groups excluding tert-OH is 1. The fraction of sp³-hybridized carbons (Fsp3) is 0.316. The molecule has 0 aliphatic carbocycles. The van der Waals surface area contributed by atoms with Crippen molar-refractivity contribution in [1.82, 2.24) is 4.90 Å². The number of halogens is 1. The molecule has 0 fully saturated rings. The van der Waals surface area contributed by atoms with Crippen molar-refractivity contribution < 1.29 is 14.6 Å². The number of rotatable bonds is 6. The lowest BCUT2D eigenvalue weighted by atomic mass is 10.0. The van der Waals surface area contributed by atoms with Gasteiger partial charge in [0.15, 0.2) is 6.61 Å². The van der Waals surface area contributed by atoms with Crippen LogP contribution in [-0.2, 0) is 4.79 Å². The van der Waals surface area contributed by atoms with E-state index in [-0.39, 0.29) is 18.6 Å². The van der Waals surface area contributed by atoms with Crippen LogP contribution < -0.4 is 4.74 Å². The zero-order valence-corrected chi connectivity index (χ0v) is 15.7. The van der Waals surface area contributed by atoms with Crippen LogP contribution in [0.4, 0.5) is 0 Å². The van der Waals surface area contributed by atoms with Crippen molar-refractivity contribution >= 4 is 21.8 Å². The summed E-state index contributed by atoms with van der Waals surface area (Å²) in [6.07, 6.45) is -0.744. The third-order valence-corrected chi connectivity index (χ3v) is 4.66. The van der Waals surface area contributed by atoms with Gasteiger partial charge in [0.25, 0.3) is 5.91 Å². The Morgan fingerprint density at radius 2 is 1.92 bits per heavy atom. The van der Waals surface area contributed by atoms with Gasteiger partial charge in [-0.1, -0.05) is 36.4 Å². The molecule has 1 amide bonds. The first-order chi connectivity index (χ1) is 11.4. The molecule has 1 N–H and O–H groups in total. The van der Waals surface area contributed by atoms with Gasteiger partial charge in [0.1, 0.15) is 5.75 Å². The van der Waals surface area contributed by atoms with Crippen LogP contribution in [0.5, 0.6) is 5.75 Å². The molecule has 0 aromatic heterocycles. The SMILES string of the molecule is Cc1ccc(OCC(=O)N(C)C(C)C(O)c2ccccc2)c(Br)c1. The first kappa shape index (κ1) is 18.5. The molecule has 0 bridgehead atoms. The number of hydrogen-bond donors (Lipinski definition) is 1. The molecule has 0 heterocycles. The normalized spacial score (nSPS) is 13.2. The van der Waals surface area contributed by atoms with Crippen LogP contribution in [0.3, 0.4) is 0 Å². The van der Waals surface area contributed by atoms with Gasteiger partial charge in [-0.2, -0.15) is 0 Å². The van der Waals surface area contributed by atoms with Gasteiger partial charge in [-0.15, -0.1) is 0 Å². The molecular formula is C19H22BrNO3. The fourth-order valence-electron chi connectivity index (χ4n) is 2.33. The molecule has 0 aliphatic rings. The lowest BCUT2D eigenvalue weighted by molar-refractivity contribution is -0.136. The van der Waals surface area contributed by atoms with E-state index in [1.165, 1.54) is 4.90 Å². The predicted octanol–water partition coefficient (Wildman–Crippen LogP) is 3.72. The summed E-state index contributed by atoms with van der Waals surface area (Å²) in [6, 6.07) is 14.7. The largest absolute Gasteiger partial charge is 0.483 e. The smallest absolute Gasteiger partial charge is 0.260 e. The van der Waals surface area contributed by atoms with Crippen LogP contribution in [-0.4, -0.2) is 35.6 Å². The first-order valence-corrected chi connectivity index (χ1v) is 8.57. The Kier molecular flexibility index (Phi) is 6.40. The van der Waals surface area contributed by atoms with E-state index < -0.39 is 6.10 Å². The Morgan fingerprint density at radius 1 is 1.25 bits per heavy atom. The van der Waals surface area contributed by atoms with Crippen molar-refractivity contribution in [3.05, 3.63) is 64.1 Å². The Balaban J connectivity index is 1.96. The van der Waals surface area contributed by atoms with E-state index in [1.54, 1.807) is 7.05 Å². The highest BCUT2D eigenvalue weighted by molar-refractivity contribution is 9.10. The van der Waals surface area contributed by atoms with E-state index >= 15 is 0 Å². The molecule has 0 aliphatic heterocycles. The maximum atomic E-state index is 12.3. The van der Waals surface area contributed by atoms with Gasteiger partial charge in [-0.25, -0.2) is 0 Å². The molecule has 0 saturated carbocycles. The number of nitrogens with zero attached hydrogens (tertiary/aromatic N) is 1. The van der Waals surface area contributed by atoms with Gasteiger partial charge in [0.05, 0.1) is 16.6 Å². The molecule has 2 atom stereocenters. The van der Waals surface area contributed by atoms with E-state index in [2.05, 4.69) is 15.9 Å². The first-order valence-electron chi connectivity index (χ1n) is 7.77. The molecule has 2 aromatic rings. The highest BCUT2D eigenvalue weighted by Gasteiger charge is 2.24. The summed E-state index contributed by atoms with van der Waals surface area (Å²) < 4.78 is 6.41. The van der Waals surface area contributed by atoms with Crippen LogP contribution >= 0.6 is 15.9 Å². The zero-order valence-electron chi connectivity index (χ0n) is 14.1. The second-order valence-electron chi connectivity index (χ2n) is 5.82.